The number of nitrogens with one attached hydrogen (secondary N) is 1. The molecule has 2 aliphatic heterocycles. The van der Waals surface area contributed by atoms with E-state index < -0.39 is 0 Å². The van der Waals surface area contributed by atoms with Crippen LogP contribution in [0.2, 0.25) is 0 Å². The summed E-state index contributed by atoms with van der Waals surface area (Å²) in [5, 5.41) is 3.56. The Bertz CT molecular complexity index is 693. The summed E-state index contributed by atoms with van der Waals surface area (Å²) >= 11 is 0. The van der Waals surface area contributed by atoms with E-state index in [4.69, 9.17) is 0 Å². The summed E-state index contributed by atoms with van der Waals surface area (Å²) in [4.78, 5) is 4.67. The lowest BCUT2D eigenvalue weighted by molar-refractivity contribution is 0.353. The highest BCUT2D eigenvalue weighted by Gasteiger charge is 2.17. The molecule has 0 fully saturated rings. The predicted molar refractivity (Wildman–Crippen MR) is 88.3 cm³/mol. The fraction of sp³-hybridized carbons (Fsp3) is 0.333. The van der Waals surface area contributed by atoms with Gasteiger partial charge in [-0.25, -0.2) is 0 Å². The lowest BCUT2D eigenvalue weighted by Gasteiger charge is -2.13. The van der Waals surface area contributed by atoms with Gasteiger partial charge in [0.2, 0.25) is 0 Å². The molecule has 1 N–H and O–H groups in total. The molecular formula is C18H21N3. The number of benzene rings is 2. The van der Waals surface area contributed by atoms with Gasteiger partial charge in [-0.2, -0.15) is 0 Å². The highest BCUT2D eigenvalue weighted by molar-refractivity contribution is 5.68. The third-order valence-electron chi connectivity index (χ3n) is 4.58. The van der Waals surface area contributed by atoms with E-state index in [0.717, 1.165) is 26.1 Å². The first-order chi connectivity index (χ1) is 10.2. The normalized spacial score (nSPS) is 17.0. The number of anilines is 3. The van der Waals surface area contributed by atoms with Gasteiger partial charge in [-0.1, -0.05) is 6.07 Å². The van der Waals surface area contributed by atoms with Gasteiger partial charge < -0.3 is 10.2 Å². The monoisotopic (exact) mass is 279 g/mol. The van der Waals surface area contributed by atoms with Crippen molar-refractivity contribution in [1.82, 2.24) is 4.90 Å². The maximum Gasteiger partial charge on any atom is 0.0398 e. The average molecular weight is 279 g/mol. The molecule has 2 heterocycles. The summed E-state index contributed by atoms with van der Waals surface area (Å²) < 4.78 is 0. The molecule has 0 aromatic heterocycles. The van der Waals surface area contributed by atoms with Gasteiger partial charge in [-0.15, -0.1) is 0 Å². The highest BCUT2D eigenvalue weighted by atomic mass is 15.1. The Hall–Kier alpha value is -2.00. The van der Waals surface area contributed by atoms with Gasteiger partial charge in [-0.3, -0.25) is 4.90 Å². The van der Waals surface area contributed by atoms with Gasteiger partial charge in [0.05, 0.1) is 0 Å². The topological polar surface area (TPSA) is 18.5 Å². The molecule has 0 aliphatic carbocycles. The molecule has 2 aromatic rings. The van der Waals surface area contributed by atoms with Crippen LogP contribution in [0.5, 0.6) is 0 Å². The second-order valence-electron chi connectivity index (χ2n) is 6.30. The van der Waals surface area contributed by atoms with Crippen LogP contribution in [0.3, 0.4) is 0 Å². The fourth-order valence-electron chi connectivity index (χ4n) is 3.45. The first-order valence-electron chi connectivity index (χ1n) is 7.60. The largest absolute Gasteiger partial charge is 0.374 e. The molecule has 21 heavy (non-hydrogen) atoms. The van der Waals surface area contributed by atoms with E-state index in [9.17, 15) is 0 Å². The van der Waals surface area contributed by atoms with E-state index in [0.29, 0.717) is 0 Å². The molecule has 0 radical (unpaired) electrons. The van der Waals surface area contributed by atoms with Crippen LogP contribution in [0.15, 0.2) is 36.4 Å². The van der Waals surface area contributed by atoms with E-state index in [1.165, 1.54) is 33.8 Å². The maximum atomic E-state index is 3.56. The Morgan fingerprint density at radius 2 is 1.57 bits per heavy atom. The van der Waals surface area contributed by atoms with Gasteiger partial charge in [0.25, 0.3) is 0 Å². The Labute approximate surface area is 126 Å². The van der Waals surface area contributed by atoms with Crippen LogP contribution in [-0.2, 0) is 19.5 Å². The molecule has 2 aromatic carbocycles. The summed E-state index contributed by atoms with van der Waals surface area (Å²) in [5.41, 5.74) is 8.10. The number of hydrogen-bond donors (Lipinski definition) is 1. The minimum atomic E-state index is 1.06. The standard InChI is InChI=1S/C18H21N3/c1-20-11-14-3-4-16(10-15(14)12-20)19-17-5-6-18-13(9-17)7-8-21(18)2/h3-6,9-10,19H,7-8,11-12H2,1-2H3. The second-order valence-corrected chi connectivity index (χ2v) is 6.30. The first kappa shape index (κ1) is 12.7. The zero-order valence-corrected chi connectivity index (χ0v) is 12.7. The number of rotatable bonds is 2. The third kappa shape index (κ3) is 2.28. The average Bonchev–Trinajstić information content (AvgIpc) is 3.01. The molecule has 2 aliphatic rings. The minimum absolute atomic E-state index is 1.06. The SMILES string of the molecule is CN1Cc2ccc(Nc3ccc4c(c3)CCN4C)cc2C1. The van der Waals surface area contributed by atoms with E-state index in [1.54, 1.807) is 0 Å². The van der Waals surface area contributed by atoms with Crippen LogP contribution in [0, 0.1) is 0 Å². The number of likely N-dealkylation sites (N-methyl/N-ethyl adjacent to an activating group) is 1. The summed E-state index contributed by atoms with van der Waals surface area (Å²) in [7, 11) is 4.33. The van der Waals surface area contributed by atoms with Crippen molar-refractivity contribution < 1.29 is 0 Å². The Kier molecular flexibility index (Phi) is 2.89. The molecule has 0 amide bonds. The van der Waals surface area contributed by atoms with Crippen molar-refractivity contribution in [2.75, 3.05) is 30.9 Å². The smallest absolute Gasteiger partial charge is 0.0398 e. The van der Waals surface area contributed by atoms with Gasteiger partial charge in [0.1, 0.15) is 0 Å². The third-order valence-corrected chi connectivity index (χ3v) is 4.58. The van der Waals surface area contributed by atoms with E-state index in [1.807, 2.05) is 0 Å². The zero-order valence-electron chi connectivity index (χ0n) is 12.7. The van der Waals surface area contributed by atoms with Crippen LogP contribution in [0.25, 0.3) is 0 Å². The summed E-state index contributed by atoms with van der Waals surface area (Å²) in [6, 6.07) is 13.4. The zero-order chi connectivity index (χ0) is 14.4. The Morgan fingerprint density at radius 1 is 0.857 bits per heavy atom. The van der Waals surface area contributed by atoms with Crippen molar-refractivity contribution in [2.24, 2.45) is 0 Å². The van der Waals surface area contributed by atoms with Crippen LogP contribution in [-0.4, -0.2) is 25.5 Å². The van der Waals surface area contributed by atoms with Gasteiger partial charge in [0.15, 0.2) is 0 Å². The maximum absolute atomic E-state index is 3.56. The molecule has 0 atom stereocenters. The van der Waals surface area contributed by atoms with Gasteiger partial charge in [0, 0.05) is 43.7 Å². The molecule has 0 bridgehead atoms. The van der Waals surface area contributed by atoms with Gasteiger partial charge >= 0.3 is 0 Å². The molecule has 0 spiro atoms. The Balaban J connectivity index is 1.58. The lowest BCUT2D eigenvalue weighted by Crippen LogP contribution is -2.12. The lowest BCUT2D eigenvalue weighted by atomic mass is 10.1. The summed E-state index contributed by atoms with van der Waals surface area (Å²) in [6.45, 7) is 3.25. The molecule has 108 valence electrons. The van der Waals surface area contributed by atoms with E-state index >= 15 is 0 Å². The number of hydrogen-bond acceptors (Lipinski definition) is 3. The van der Waals surface area contributed by atoms with E-state index in [-0.39, 0.29) is 0 Å². The van der Waals surface area contributed by atoms with Crippen LogP contribution >= 0.6 is 0 Å². The Morgan fingerprint density at radius 3 is 2.43 bits per heavy atom. The second kappa shape index (κ2) is 4.78. The van der Waals surface area contributed by atoms with Crippen molar-refractivity contribution in [3.63, 3.8) is 0 Å². The molecule has 3 heteroatoms. The van der Waals surface area contributed by atoms with Crippen molar-refractivity contribution in [2.45, 2.75) is 19.5 Å². The molecule has 0 saturated carbocycles. The van der Waals surface area contributed by atoms with Crippen LogP contribution in [0.4, 0.5) is 17.1 Å². The minimum Gasteiger partial charge on any atom is -0.374 e. The predicted octanol–water partition coefficient (Wildman–Crippen LogP) is 3.37. The molecular weight excluding hydrogens is 258 g/mol. The quantitative estimate of drug-likeness (QED) is 0.909. The van der Waals surface area contributed by atoms with Crippen molar-refractivity contribution in [3.8, 4) is 0 Å². The molecule has 0 saturated heterocycles. The van der Waals surface area contributed by atoms with Gasteiger partial charge in [-0.05, 0) is 60.5 Å². The van der Waals surface area contributed by atoms with Crippen LogP contribution < -0.4 is 10.2 Å². The summed E-state index contributed by atoms with van der Waals surface area (Å²) in [6.07, 6.45) is 1.15. The highest BCUT2D eigenvalue weighted by Crippen LogP contribution is 2.31. The van der Waals surface area contributed by atoms with Crippen molar-refractivity contribution >= 4 is 17.1 Å². The fourth-order valence-corrected chi connectivity index (χ4v) is 3.45. The van der Waals surface area contributed by atoms with E-state index in [2.05, 4.69) is 65.6 Å². The van der Waals surface area contributed by atoms with Crippen LogP contribution in [0.1, 0.15) is 16.7 Å². The molecule has 3 nitrogen and oxygen atoms in total. The summed E-state index contributed by atoms with van der Waals surface area (Å²) in [5.74, 6) is 0. The van der Waals surface area contributed by atoms with Crippen molar-refractivity contribution in [1.29, 1.82) is 0 Å². The number of nitrogens with zero attached hydrogens (tertiary/aromatic N) is 2. The molecule has 0 unspecified atom stereocenters. The molecule has 4 rings (SSSR count). The number of fused-ring (bicyclic) bond motifs is 2. The first-order valence-corrected chi connectivity index (χ1v) is 7.60. The van der Waals surface area contributed by atoms with Crippen molar-refractivity contribution in [3.05, 3.63) is 53.1 Å².